The van der Waals surface area contributed by atoms with Crippen LogP contribution < -0.4 is 5.43 Å². The van der Waals surface area contributed by atoms with Crippen molar-refractivity contribution < 1.29 is 9.53 Å². The monoisotopic (exact) mass is 397 g/mol. The molecule has 0 aliphatic carbocycles. The summed E-state index contributed by atoms with van der Waals surface area (Å²) in [6.07, 6.45) is 1.45. The summed E-state index contributed by atoms with van der Waals surface area (Å²) >= 11 is 2.83. The first-order chi connectivity index (χ1) is 13.2. The number of benzene rings is 1. The van der Waals surface area contributed by atoms with E-state index >= 15 is 0 Å². The number of methoxy groups -OCH3 is 1. The zero-order chi connectivity index (χ0) is 18.8. The third-order valence-electron chi connectivity index (χ3n) is 4.02. The highest BCUT2D eigenvalue weighted by atomic mass is 32.2. The number of amidine groups is 1. The van der Waals surface area contributed by atoms with Crippen molar-refractivity contribution in [3.63, 3.8) is 0 Å². The number of ether oxygens (including phenoxy) is 1. The predicted molar refractivity (Wildman–Crippen MR) is 109 cm³/mol. The Bertz CT molecular complexity index is 1080. The minimum atomic E-state index is -0.378. The zero-order valence-corrected chi connectivity index (χ0v) is 16.2. The van der Waals surface area contributed by atoms with Crippen molar-refractivity contribution >= 4 is 56.0 Å². The molecule has 7 nitrogen and oxygen atoms in total. The van der Waals surface area contributed by atoms with Crippen LogP contribution in [-0.4, -0.2) is 39.7 Å². The number of hydrazone groups is 1. The molecule has 0 unspecified atom stereocenters. The summed E-state index contributed by atoms with van der Waals surface area (Å²) in [6.45, 7) is 1.85. The highest BCUT2D eigenvalue weighted by Gasteiger charge is 2.20. The smallest absolute Gasteiger partial charge is 0.348 e. The van der Waals surface area contributed by atoms with Crippen LogP contribution in [0.3, 0.4) is 0 Å². The van der Waals surface area contributed by atoms with E-state index in [9.17, 15) is 4.79 Å². The third kappa shape index (κ3) is 3.43. The van der Waals surface area contributed by atoms with E-state index in [2.05, 4.69) is 25.5 Å². The van der Waals surface area contributed by atoms with Crippen LogP contribution >= 0.6 is 23.1 Å². The molecular weight excluding hydrogens is 382 g/mol. The molecule has 0 radical (unpaired) electrons. The molecule has 0 atom stereocenters. The van der Waals surface area contributed by atoms with Gasteiger partial charge in [-0.3, -0.25) is 5.43 Å². The maximum absolute atomic E-state index is 11.9. The number of carbonyl (C=O) groups is 1. The van der Waals surface area contributed by atoms with Gasteiger partial charge in [0.15, 0.2) is 11.0 Å². The van der Waals surface area contributed by atoms with Crippen molar-refractivity contribution in [2.24, 2.45) is 10.1 Å². The molecule has 1 aromatic carbocycles. The standard InChI is InChI=1S/C18H15N5O2S2/c1-10-13-15(19-9-20-16(13)27-14(10)17(24)25-2)21-18-23-22-12(8-26-18)11-6-4-3-5-7-11/h3-7,9H,8H2,1-2H3,(H,19,20,21,23). The largest absolute Gasteiger partial charge is 0.465 e. The van der Waals surface area contributed by atoms with Gasteiger partial charge in [-0.2, -0.15) is 5.10 Å². The number of carbonyl (C=O) groups excluding carboxylic acids is 1. The molecule has 0 spiro atoms. The van der Waals surface area contributed by atoms with E-state index in [-0.39, 0.29) is 5.97 Å². The SMILES string of the molecule is COC(=O)c1sc2ncnc(/N=C3/NN=C(c4ccccc4)CS3)c2c1C. The minimum Gasteiger partial charge on any atom is -0.465 e. The Hall–Kier alpha value is -2.78. The summed E-state index contributed by atoms with van der Waals surface area (Å²) < 4.78 is 4.84. The molecule has 0 saturated heterocycles. The van der Waals surface area contributed by atoms with Gasteiger partial charge in [-0.05, 0) is 18.1 Å². The highest BCUT2D eigenvalue weighted by molar-refractivity contribution is 8.14. The average molecular weight is 397 g/mol. The van der Waals surface area contributed by atoms with E-state index in [1.165, 1.54) is 24.8 Å². The Morgan fingerprint density at radius 2 is 2.07 bits per heavy atom. The van der Waals surface area contributed by atoms with Crippen LogP contribution in [0.4, 0.5) is 5.82 Å². The Labute approximate surface area is 163 Å². The number of aliphatic imine (C=N–C) groups is 1. The first-order valence-electron chi connectivity index (χ1n) is 8.09. The number of aromatic nitrogens is 2. The van der Waals surface area contributed by atoms with E-state index in [1.54, 1.807) is 11.8 Å². The first kappa shape index (κ1) is 17.6. The highest BCUT2D eigenvalue weighted by Crippen LogP contribution is 2.35. The van der Waals surface area contributed by atoms with Crippen molar-refractivity contribution in [3.05, 3.63) is 52.7 Å². The van der Waals surface area contributed by atoms with Crippen LogP contribution in [0.1, 0.15) is 20.8 Å². The maximum atomic E-state index is 11.9. The second kappa shape index (κ2) is 7.45. The van der Waals surface area contributed by atoms with Gasteiger partial charge < -0.3 is 4.74 Å². The number of fused-ring (bicyclic) bond motifs is 1. The molecule has 1 aliphatic rings. The quantitative estimate of drug-likeness (QED) is 0.680. The maximum Gasteiger partial charge on any atom is 0.348 e. The molecule has 27 heavy (non-hydrogen) atoms. The fraction of sp³-hybridized carbons (Fsp3) is 0.167. The van der Waals surface area contributed by atoms with Crippen molar-refractivity contribution in [1.29, 1.82) is 0 Å². The van der Waals surface area contributed by atoms with Crippen LogP contribution in [0, 0.1) is 6.92 Å². The molecule has 1 N–H and O–H groups in total. The third-order valence-corrected chi connectivity index (χ3v) is 6.08. The molecule has 136 valence electrons. The summed E-state index contributed by atoms with van der Waals surface area (Å²) in [5, 5.41) is 5.84. The van der Waals surface area contributed by atoms with Gasteiger partial charge in [0.25, 0.3) is 0 Å². The van der Waals surface area contributed by atoms with Gasteiger partial charge in [-0.15, -0.1) is 11.3 Å². The van der Waals surface area contributed by atoms with Crippen molar-refractivity contribution in [2.75, 3.05) is 12.9 Å². The van der Waals surface area contributed by atoms with Gasteiger partial charge in [0, 0.05) is 5.75 Å². The summed E-state index contributed by atoms with van der Waals surface area (Å²) in [4.78, 5) is 26.3. The lowest BCUT2D eigenvalue weighted by Crippen LogP contribution is -2.25. The van der Waals surface area contributed by atoms with Crippen LogP contribution in [-0.2, 0) is 4.74 Å². The molecule has 0 amide bonds. The first-order valence-corrected chi connectivity index (χ1v) is 9.89. The number of thioether (sulfide) groups is 1. The lowest BCUT2D eigenvalue weighted by molar-refractivity contribution is 0.0605. The number of nitrogens with one attached hydrogen (secondary N) is 1. The van der Waals surface area contributed by atoms with Crippen molar-refractivity contribution in [3.8, 4) is 0 Å². The molecule has 0 fully saturated rings. The molecule has 0 saturated carbocycles. The normalized spacial score (nSPS) is 15.5. The van der Waals surface area contributed by atoms with E-state index in [4.69, 9.17) is 4.74 Å². The summed E-state index contributed by atoms with van der Waals surface area (Å²) in [5.41, 5.74) is 5.81. The summed E-state index contributed by atoms with van der Waals surface area (Å²) in [7, 11) is 1.36. The Balaban J connectivity index is 1.67. The number of nitrogens with zero attached hydrogens (tertiary/aromatic N) is 4. The Morgan fingerprint density at radius 3 is 2.78 bits per heavy atom. The minimum absolute atomic E-state index is 0.378. The van der Waals surface area contributed by atoms with E-state index < -0.39 is 0 Å². The van der Waals surface area contributed by atoms with Crippen LogP contribution in [0.15, 0.2) is 46.8 Å². The Kier molecular flexibility index (Phi) is 4.87. The number of esters is 1. The lowest BCUT2D eigenvalue weighted by atomic mass is 10.1. The van der Waals surface area contributed by atoms with Crippen molar-refractivity contribution in [2.45, 2.75) is 6.92 Å². The molecule has 3 heterocycles. The second-order valence-electron chi connectivity index (χ2n) is 5.67. The zero-order valence-electron chi connectivity index (χ0n) is 14.6. The molecule has 0 bridgehead atoms. The van der Waals surface area contributed by atoms with Gasteiger partial charge in [-0.1, -0.05) is 42.1 Å². The van der Waals surface area contributed by atoms with Gasteiger partial charge in [-0.25, -0.2) is 19.8 Å². The molecule has 9 heteroatoms. The van der Waals surface area contributed by atoms with E-state index in [1.807, 2.05) is 37.3 Å². The lowest BCUT2D eigenvalue weighted by Gasteiger charge is -2.14. The van der Waals surface area contributed by atoms with Gasteiger partial charge in [0.05, 0.1) is 18.2 Å². The number of rotatable bonds is 3. The summed E-state index contributed by atoms with van der Waals surface area (Å²) in [5.74, 6) is 0.841. The topological polar surface area (TPSA) is 88.8 Å². The number of hydrogen-bond acceptors (Lipinski definition) is 8. The predicted octanol–water partition coefficient (Wildman–Crippen LogP) is 3.51. The number of thiophene rings is 1. The molecule has 4 rings (SSSR count). The van der Waals surface area contributed by atoms with Gasteiger partial charge >= 0.3 is 5.97 Å². The fourth-order valence-corrected chi connectivity index (χ4v) is 4.50. The van der Waals surface area contributed by atoms with Crippen LogP contribution in [0.25, 0.3) is 10.2 Å². The van der Waals surface area contributed by atoms with E-state index in [0.29, 0.717) is 26.4 Å². The number of hydrogen-bond donors (Lipinski definition) is 1. The molecule has 2 aromatic heterocycles. The molecular formula is C18H15N5O2S2. The summed E-state index contributed by atoms with van der Waals surface area (Å²) in [6, 6.07) is 10.0. The molecule has 3 aromatic rings. The van der Waals surface area contributed by atoms with Crippen LogP contribution in [0.2, 0.25) is 0 Å². The molecule has 1 aliphatic heterocycles. The fourth-order valence-electron chi connectivity index (χ4n) is 2.67. The average Bonchev–Trinajstić information content (AvgIpc) is 3.06. The van der Waals surface area contributed by atoms with E-state index in [0.717, 1.165) is 22.2 Å². The number of aryl methyl sites for hydroxylation is 1. The van der Waals surface area contributed by atoms with Gasteiger partial charge in [0.1, 0.15) is 16.0 Å². The van der Waals surface area contributed by atoms with Crippen LogP contribution in [0.5, 0.6) is 0 Å². The van der Waals surface area contributed by atoms with Gasteiger partial charge in [0.2, 0.25) is 0 Å². The Morgan fingerprint density at radius 1 is 1.26 bits per heavy atom. The van der Waals surface area contributed by atoms with Crippen molar-refractivity contribution in [1.82, 2.24) is 15.4 Å². The second-order valence-corrected chi connectivity index (χ2v) is 7.63.